The maximum atomic E-state index is 12.7. The highest BCUT2D eigenvalue weighted by atomic mass is 35.5. The van der Waals surface area contributed by atoms with Crippen LogP contribution >= 0.6 is 11.6 Å². The zero-order valence-corrected chi connectivity index (χ0v) is 18.0. The molecule has 8 nitrogen and oxygen atoms in total. The zero-order valence-electron chi connectivity index (χ0n) is 17.2. The van der Waals surface area contributed by atoms with Gasteiger partial charge in [-0.15, -0.1) is 5.10 Å². The van der Waals surface area contributed by atoms with Gasteiger partial charge in [-0.3, -0.25) is 9.59 Å². The minimum absolute atomic E-state index is 0.0322. The molecule has 0 aliphatic carbocycles. The van der Waals surface area contributed by atoms with Crippen molar-refractivity contribution >= 4 is 28.7 Å². The van der Waals surface area contributed by atoms with Crippen molar-refractivity contribution in [2.24, 2.45) is 0 Å². The molecule has 5 rings (SSSR count). The second-order valence-electron chi connectivity index (χ2n) is 7.93. The Morgan fingerprint density at radius 1 is 1.09 bits per heavy atom. The van der Waals surface area contributed by atoms with E-state index in [1.165, 1.54) is 0 Å². The molecule has 0 radical (unpaired) electrons. The largest absolute Gasteiger partial charge is 0.339 e. The van der Waals surface area contributed by atoms with Gasteiger partial charge in [0.25, 0.3) is 11.5 Å². The fraction of sp³-hybridized carbons (Fsp3) is 0.261. The fourth-order valence-corrected chi connectivity index (χ4v) is 4.32. The number of halogens is 1. The standard InChI is InChI=1S/C23H21ClN6O2/c24-18-8-4-5-15(13-18)14-30-21-19(27-28-30)22(31)26-20(25-21)16-9-11-29(12-10-16)23(32)17-6-2-1-3-7-17/h1-8,13,16H,9-12,14H2,(H,25,26,31). The molecule has 2 aromatic heterocycles. The Hall–Kier alpha value is -3.52. The van der Waals surface area contributed by atoms with Crippen molar-refractivity contribution in [1.29, 1.82) is 0 Å². The molecule has 0 atom stereocenters. The monoisotopic (exact) mass is 448 g/mol. The lowest BCUT2D eigenvalue weighted by Crippen LogP contribution is -2.38. The van der Waals surface area contributed by atoms with Gasteiger partial charge in [0.2, 0.25) is 0 Å². The van der Waals surface area contributed by atoms with Crippen LogP contribution in [-0.2, 0) is 6.54 Å². The number of piperidine rings is 1. The van der Waals surface area contributed by atoms with Gasteiger partial charge in [-0.1, -0.05) is 47.1 Å². The Morgan fingerprint density at radius 2 is 1.88 bits per heavy atom. The van der Waals surface area contributed by atoms with Crippen LogP contribution in [0, 0.1) is 0 Å². The van der Waals surface area contributed by atoms with E-state index in [1.807, 2.05) is 53.4 Å². The van der Waals surface area contributed by atoms with E-state index in [0.29, 0.717) is 41.7 Å². The number of hydrogen-bond acceptors (Lipinski definition) is 5. The molecule has 0 saturated carbocycles. The van der Waals surface area contributed by atoms with Crippen LogP contribution in [0.3, 0.4) is 0 Å². The average Bonchev–Trinajstić information content (AvgIpc) is 3.22. The Morgan fingerprint density at radius 3 is 2.62 bits per heavy atom. The molecule has 1 fully saturated rings. The third-order valence-corrected chi connectivity index (χ3v) is 6.04. The highest BCUT2D eigenvalue weighted by molar-refractivity contribution is 6.30. The first-order valence-corrected chi connectivity index (χ1v) is 10.9. The summed E-state index contributed by atoms with van der Waals surface area (Å²) in [6.07, 6.45) is 1.45. The Bertz CT molecular complexity index is 1330. The van der Waals surface area contributed by atoms with Gasteiger partial charge in [-0.2, -0.15) is 0 Å². The minimum Gasteiger partial charge on any atom is -0.339 e. The van der Waals surface area contributed by atoms with Crippen LogP contribution in [0.2, 0.25) is 5.02 Å². The van der Waals surface area contributed by atoms with E-state index in [-0.39, 0.29) is 22.9 Å². The van der Waals surface area contributed by atoms with Crippen molar-refractivity contribution in [3.63, 3.8) is 0 Å². The molecule has 2 aromatic carbocycles. The smallest absolute Gasteiger partial charge is 0.281 e. The highest BCUT2D eigenvalue weighted by Crippen LogP contribution is 2.26. The normalized spacial score (nSPS) is 14.7. The fourth-order valence-electron chi connectivity index (χ4n) is 4.11. The maximum Gasteiger partial charge on any atom is 0.281 e. The van der Waals surface area contributed by atoms with E-state index in [2.05, 4.69) is 15.3 Å². The van der Waals surface area contributed by atoms with Crippen molar-refractivity contribution in [3.8, 4) is 0 Å². The molecule has 0 unspecified atom stereocenters. The third kappa shape index (κ3) is 4.01. The summed E-state index contributed by atoms with van der Waals surface area (Å²) in [6.45, 7) is 1.64. The van der Waals surface area contributed by atoms with Crippen molar-refractivity contribution in [3.05, 3.63) is 86.9 Å². The first-order valence-electron chi connectivity index (χ1n) is 10.5. The number of aromatic amines is 1. The number of carbonyl (C=O) groups excluding carboxylic acids is 1. The summed E-state index contributed by atoms with van der Waals surface area (Å²) in [4.78, 5) is 34.8. The number of carbonyl (C=O) groups is 1. The first kappa shape index (κ1) is 20.4. The maximum absolute atomic E-state index is 12.7. The number of aromatic nitrogens is 5. The van der Waals surface area contributed by atoms with Crippen LogP contribution in [0.15, 0.2) is 59.4 Å². The van der Waals surface area contributed by atoms with E-state index in [0.717, 1.165) is 18.4 Å². The van der Waals surface area contributed by atoms with E-state index in [4.69, 9.17) is 16.6 Å². The number of likely N-dealkylation sites (tertiary alicyclic amines) is 1. The summed E-state index contributed by atoms with van der Waals surface area (Å²) in [5.74, 6) is 0.704. The van der Waals surface area contributed by atoms with E-state index < -0.39 is 0 Å². The van der Waals surface area contributed by atoms with Crippen LogP contribution in [-0.4, -0.2) is 48.9 Å². The molecular weight excluding hydrogens is 428 g/mol. The Labute approximate surface area is 188 Å². The zero-order chi connectivity index (χ0) is 22.1. The average molecular weight is 449 g/mol. The topological polar surface area (TPSA) is 96.8 Å². The van der Waals surface area contributed by atoms with Crippen molar-refractivity contribution in [2.45, 2.75) is 25.3 Å². The minimum atomic E-state index is -0.301. The molecule has 1 N–H and O–H groups in total. The molecule has 1 amide bonds. The third-order valence-electron chi connectivity index (χ3n) is 5.80. The summed E-state index contributed by atoms with van der Waals surface area (Å²) >= 11 is 6.08. The lowest BCUT2D eigenvalue weighted by Gasteiger charge is -2.31. The van der Waals surface area contributed by atoms with Crippen molar-refractivity contribution < 1.29 is 4.79 Å². The summed E-state index contributed by atoms with van der Waals surface area (Å²) in [7, 11) is 0. The van der Waals surface area contributed by atoms with Crippen LogP contribution in [0.1, 0.15) is 40.5 Å². The van der Waals surface area contributed by atoms with Crippen LogP contribution in [0.5, 0.6) is 0 Å². The number of H-pyrrole nitrogens is 1. The van der Waals surface area contributed by atoms with E-state index in [9.17, 15) is 9.59 Å². The SMILES string of the molecule is O=C(c1ccccc1)N1CCC(c2nc3c(nnn3Cc3cccc(Cl)c3)c(=O)[nH]2)CC1. The second kappa shape index (κ2) is 8.55. The number of nitrogens with one attached hydrogen (secondary N) is 1. The van der Waals surface area contributed by atoms with E-state index in [1.54, 1.807) is 10.7 Å². The number of nitrogens with zero attached hydrogens (tertiary/aromatic N) is 5. The van der Waals surface area contributed by atoms with Gasteiger partial charge >= 0.3 is 0 Å². The second-order valence-corrected chi connectivity index (χ2v) is 8.37. The lowest BCUT2D eigenvalue weighted by molar-refractivity contribution is 0.0711. The molecule has 0 bridgehead atoms. The molecule has 1 saturated heterocycles. The number of hydrogen-bond donors (Lipinski definition) is 1. The van der Waals surface area contributed by atoms with Crippen LogP contribution < -0.4 is 5.56 Å². The summed E-state index contributed by atoms with van der Waals surface area (Å²) in [5.41, 5.74) is 2.00. The first-order chi connectivity index (χ1) is 15.6. The Kier molecular flexibility index (Phi) is 5.45. The number of amides is 1. The summed E-state index contributed by atoms with van der Waals surface area (Å²) in [6, 6.07) is 16.7. The highest BCUT2D eigenvalue weighted by Gasteiger charge is 2.27. The van der Waals surface area contributed by atoms with Gasteiger partial charge in [0.05, 0.1) is 6.54 Å². The molecule has 1 aliphatic heterocycles. The molecule has 1 aliphatic rings. The molecule has 162 valence electrons. The van der Waals surface area contributed by atoms with Gasteiger partial charge in [0.1, 0.15) is 5.82 Å². The van der Waals surface area contributed by atoms with Gasteiger partial charge in [0.15, 0.2) is 11.2 Å². The number of benzene rings is 2. The van der Waals surface area contributed by atoms with Crippen LogP contribution in [0.25, 0.3) is 11.2 Å². The molecule has 3 heterocycles. The molecular formula is C23H21ClN6O2. The van der Waals surface area contributed by atoms with E-state index >= 15 is 0 Å². The summed E-state index contributed by atoms with van der Waals surface area (Å²) in [5, 5.41) is 8.77. The van der Waals surface area contributed by atoms with Crippen LogP contribution in [0.4, 0.5) is 0 Å². The van der Waals surface area contributed by atoms with Gasteiger partial charge in [0, 0.05) is 29.6 Å². The number of rotatable bonds is 4. The van der Waals surface area contributed by atoms with Gasteiger partial charge in [-0.25, -0.2) is 9.67 Å². The quantitative estimate of drug-likeness (QED) is 0.517. The predicted molar refractivity (Wildman–Crippen MR) is 121 cm³/mol. The molecule has 32 heavy (non-hydrogen) atoms. The Balaban J connectivity index is 1.36. The lowest BCUT2D eigenvalue weighted by atomic mass is 9.95. The predicted octanol–water partition coefficient (Wildman–Crippen LogP) is 3.24. The molecule has 4 aromatic rings. The van der Waals surface area contributed by atoms with Crippen molar-refractivity contribution in [1.82, 2.24) is 29.9 Å². The molecule has 9 heteroatoms. The van der Waals surface area contributed by atoms with Gasteiger partial charge < -0.3 is 9.88 Å². The molecule has 0 spiro atoms. The number of fused-ring (bicyclic) bond motifs is 1. The van der Waals surface area contributed by atoms with Gasteiger partial charge in [-0.05, 0) is 42.7 Å². The summed E-state index contributed by atoms with van der Waals surface area (Å²) < 4.78 is 1.62. The van der Waals surface area contributed by atoms with Crippen molar-refractivity contribution in [2.75, 3.05) is 13.1 Å².